The molecule has 0 fully saturated rings. The lowest BCUT2D eigenvalue weighted by Crippen LogP contribution is -2.38. The SMILES string of the molecule is Cc1ccc2nc(CNC(=O)N(C)CCc3c(C)n[nH]c3C)cn2c1. The topological polar surface area (TPSA) is 78.3 Å². The molecule has 2 N–H and O–H groups in total. The summed E-state index contributed by atoms with van der Waals surface area (Å²) in [6.07, 6.45) is 4.75. The molecule has 0 saturated carbocycles. The number of amides is 2. The fourth-order valence-electron chi connectivity index (χ4n) is 2.87. The van der Waals surface area contributed by atoms with E-state index in [1.807, 2.05) is 49.7 Å². The van der Waals surface area contributed by atoms with Crippen LogP contribution in [0.3, 0.4) is 0 Å². The smallest absolute Gasteiger partial charge is 0.317 e. The van der Waals surface area contributed by atoms with E-state index in [1.165, 1.54) is 11.1 Å². The van der Waals surface area contributed by atoms with Crippen molar-refractivity contribution in [1.29, 1.82) is 0 Å². The lowest BCUT2D eigenvalue weighted by atomic mass is 10.1. The molecule has 3 rings (SSSR count). The third-order valence-electron chi connectivity index (χ3n) is 4.39. The molecule has 3 aromatic rings. The minimum absolute atomic E-state index is 0.105. The predicted octanol–water partition coefficient (Wildman–Crippen LogP) is 2.37. The number of aryl methyl sites for hydroxylation is 3. The van der Waals surface area contributed by atoms with Crippen LogP contribution in [-0.4, -0.2) is 44.1 Å². The van der Waals surface area contributed by atoms with Gasteiger partial charge >= 0.3 is 6.03 Å². The van der Waals surface area contributed by atoms with E-state index in [-0.39, 0.29) is 6.03 Å². The maximum absolute atomic E-state index is 12.3. The number of imidazole rings is 1. The Morgan fingerprint density at radius 3 is 2.80 bits per heavy atom. The first-order valence-corrected chi connectivity index (χ1v) is 8.37. The second-order valence-electron chi connectivity index (χ2n) is 6.45. The van der Waals surface area contributed by atoms with E-state index >= 15 is 0 Å². The van der Waals surface area contributed by atoms with E-state index < -0.39 is 0 Å². The Kier molecular flexibility index (Phi) is 4.74. The van der Waals surface area contributed by atoms with Gasteiger partial charge in [-0.15, -0.1) is 0 Å². The molecular weight excluding hydrogens is 316 g/mol. The fourth-order valence-corrected chi connectivity index (χ4v) is 2.87. The van der Waals surface area contributed by atoms with Gasteiger partial charge < -0.3 is 14.6 Å². The summed E-state index contributed by atoms with van der Waals surface area (Å²) in [5.74, 6) is 0. The van der Waals surface area contributed by atoms with Crippen LogP contribution in [0.1, 0.15) is 28.2 Å². The number of hydrogen-bond donors (Lipinski definition) is 2. The molecule has 0 aliphatic carbocycles. The number of carbonyl (C=O) groups is 1. The fraction of sp³-hybridized carbons (Fsp3) is 0.389. The summed E-state index contributed by atoms with van der Waals surface area (Å²) in [7, 11) is 1.80. The Hall–Kier alpha value is -2.83. The minimum atomic E-state index is -0.105. The zero-order valence-electron chi connectivity index (χ0n) is 15.1. The Balaban J connectivity index is 1.54. The first-order chi connectivity index (χ1) is 11.9. The summed E-state index contributed by atoms with van der Waals surface area (Å²) in [6.45, 7) is 7.06. The Morgan fingerprint density at radius 1 is 1.28 bits per heavy atom. The average Bonchev–Trinajstić information content (AvgIpc) is 3.13. The number of H-pyrrole nitrogens is 1. The highest BCUT2D eigenvalue weighted by atomic mass is 16.2. The largest absolute Gasteiger partial charge is 0.332 e. The quantitative estimate of drug-likeness (QED) is 0.748. The van der Waals surface area contributed by atoms with Crippen molar-refractivity contribution in [2.24, 2.45) is 0 Å². The molecule has 7 nitrogen and oxygen atoms in total. The summed E-state index contributed by atoms with van der Waals surface area (Å²) >= 11 is 0. The average molecular weight is 340 g/mol. The van der Waals surface area contributed by atoms with Crippen LogP contribution in [0.5, 0.6) is 0 Å². The number of hydrogen-bond acceptors (Lipinski definition) is 3. The summed E-state index contributed by atoms with van der Waals surface area (Å²) in [6, 6.07) is 3.90. The number of aromatic amines is 1. The van der Waals surface area contributed by atoms with Crippen molar-refractivity contribution >= 4 is 11.7 Å². The molecule has 132 valence electrons. The minimum Gasteiger partial charge on any atom is -0.332 e. The van der Waals surface area contributed by atoms with Gasteiger partial charge in [0.1, 0.15) is 5.65 Å². The van der Waals surface area contributed by atoms with E-state index in [0.29, 0.717) is 13.1 Å². The third-order valence-corrected chi connectivity index (χ3v) is 4.39. The number of rotatable bonds is 5. The molecule has 0 saturated heterocycles. The van der Waals surface area contributed by atoms with Gasteiger partial charge in [0.05, 0.1) is 17.9 Å². The molecule has 0 radical (unpaired) electrons. The maximum Gasteiger partial charge on any atom is 0.317 e. The van der Waals surface area contributed by atoms with Gasteiger partial charge in [-0.25, -0.2) is 9.78 Å². The second kappa shape index (κ2) is 6.96. The second-order valence-corrected chi connectivity index (χ2v) is 6.45. The summed E-state index contributed by atoms with van der Waals surface area (Å²) in [5, 5.41) is 10.1. The summed E-state index contributed by atoms with van der Waals surface area (Å²) in [4.78, 5) is 18.5. The normalized spacial score (nSPS) is 11.0. The first-order valence-electron chi connectivity index (χ1n) is 8.37. The van der Waals surface area contributed by atoms with Gasteiger partial charge in [0, 0.05) is 31.7 Å². The Labute approximate surface area is 147 Å². The predicted molar refractivity (Wildman–Crippen MR) is 96.6 cm³/mol. The van der Waals surface area contributed by atoms with Crippen molar-refractivity contribution in [2.75, 3.05) is 13.6 Å². The number of nitrogens with one attached hydrogen (secondary N) is 2. The van der Waals surface area contributed by atoms with Crippen molar-refractivity contribution in [3.8, 4) is 0 Å². The maximum atomic E-state index is 12.3. The molecular formula is C18H24N6O. The zero-order valence-corrected chi connectivity index (χ0v) is 15.1. The molecule has 3 heterocycles. The molecule has 0 aliphatic rings. The third kappa shape index (κ3) is 3.81. The molecule has 0 aromatic carbocycles. The van der Waals surface area contributed by atoms with E-state index in [4.69, 9.17) is 0 Å². The van der Waals surface area contributed by atoms with Crippen LogP contribution in [0.25, 0.3) is 5.65 Å². The Bertz CT molecular complexity index is 875. The standard InChI is InChI=1S/C18H24N6O/c1-12-5-6-17-20-15(11-24(17)10-12)9-19-18(25)23(4)8-7-16-13(2)21-22-14(16)3/h5-6,10-11H,7-9H2,1-4H3,(H,19,25)(H,21,22). The highest BCUT2D eigenvalue weighted by molar-refractivity contribution is 5.73. The lowest BCUT2D eigenvalue weighted by Gasteiger charge is -2.17. The van der Waals surface area contributed by atoms with Gasteiger partial charge in [0.25, 0.3) is 0 Å². The number of carbonyl (C=O) groups excluding carboxylic acids is 1. The van der Waals surface area contributed by atoms with E-state index in [9.17, 15) is 4.79 Å². The lowest BCUT2D eigenvalue weighted by molar-refractivity contribution is 0.208. The Morgan fingerprint density at radius 2 is 2.08 bits per heavy atom. The van der Waals surface area contributed by atoms with Crippen molar-refractivity contribution < 1.29 is 4.79 Å². The van der Waals surface area contributed by atoms with E-state index in [2.05, 4.69) is 20.5 Å². The highest BCUT2D eigenvalue weighted by Gasteiger charge is 2.12. The molecule has 0 spiro atoms. The van der Waals surface area contributed by atoms with Crippen LogP contribution in [0.4, 0.5) is 4.79 Å². The zero-order chi connectivity index (χ0) is 18.0. The number of likely N-dealkylation sites (N-methyl/N-ethyl adjacent to an activating group) is 1. The van der Waals surface area contributed by atoms with Crippen LogP contribution in [0, 0.1) is 20.8 Å². The van der Waals surface area contributed by atoms with Crippen LogP contribution < -0.4 is 5.32 Å². The van der Waals surface area contributed by atoms with Crippen molar-refractivity contribution in [3.05, 3.63) is 52.7 Å². The van der Waals surface area contributed by atoms with Crippen LogP contribution in [0.15, 0.2) is 24.5 Å². The first kappa shape index (κ1) is 17.0. The molecule has 0 atom stereocenters. The van der Waals surface area contributed by atoms with E-state index in [1.54, 1.807) is 11.9 Å². The van der Waals surface area contributed by atoms with Gasteiger partial charge in [-0.3, -0.25) is 5.10 Å². The van der Waals surface area contributed by atoms with Crippen molar-refractivity contribution in [2.45, 2.75) is 33.7 Å². The van der Waals surface area contributed by atoms with Gasteiger partial charge in [-0.2, -0.15) is 5.10 Å². The van der Waals surface area contributed by atoms with Crippen molar-refractivity contribution in [3.63, 3.8) is 0 Å². The van der Waals surface area contributed by atoms with Gasteiger partial charge in [-0.05, 0) is 44.4 Å². The molecule has 0 unspecified atom stereocenters. The van der Waals surface area contributed by atoms with E-state index in [0.717, 1.165) is 29.1 Å². The van der Waals surface area contributed by atoms with Gasteiger partial charge in [-0.1, -0.05) is 6.07 Å². The van der Waals surface area contributed by atoms with Crippen LogP contribution >= 0.6 is 0 Å². The molecule has 0 aliphatic heterocycles. The molecule has 2 amide bonds. The van der Waals surface area contributed by atoms with Crippen LogP contribution in [-0.2, 0) is 13.0 Å². The van der Waals surface area contributed by atoms with Gasteiger partial charge in [0.15, 0.2) is 0 Å². The monoisotopic (exact) mass is 340 g/mol. The van der Waals surface area contributed by atoms with Gasteiger partial charge in [0.2, 0.25) is 0 Å². The number of urea groups is 1. The summed E-state index contributed by atoms with van der Waals surface area (Å²) in [5.41, 5.74) is 6.13. The highest BCUT2D eigenvalue weighted by Crippen LogP contribution is 2.10. The molecule has 3 aromatic heterocycles. The number of aromatic nitrogens is 4. The molecule has 0 bridgehead atoms. The number of pyridine rings is 1. The molecule has 25 heavy (non-hydrogen) atoms. The number of nitrogens with zero attached hydrogens (tertiary/aromatic N) is 4. The summed E-state index contributed by atoms with van der Waals surface area (Å²) < 4.78 is 1.98. The number of fused-ring (bicyclic) bond motifs is 1. The van der Waals surface area contributed by atoms with Crippen molar-refractivity contribution in [1.82, 2.24) is 29.8 Å². The van der Waals surface area contributed by atoms with Crippen LogP contribution in [0.2, 0.25) is 0 Å². The molecule has 7 heteroatoms.